The number of carbonyl (C=O) groups is 1. The van der Waals surface area contributed by atoms with Gasteiger partial charge in [0.15, 0.2) is 5.69 Å². The fraction of sp³-hybridized carbons (Fsp3) is 0.368. The molecule has 0 saturated carbocycles. The minimum atomic E-state index is -0.0269. The van der Waals surface area contributed by atoms with Crippen LogP contribution in [-0.4, -0.2) is 34.0 Å². The smallest absolute Gasteiger partial charge is 0.276 e. The number of fused-ring (bicyclic) bond motifs is 1. The molecule has 2 aromatic heterocycles. The number of carbonyl (C=O) groups excluding carboxylic acids is 1. The number of rotatable bonds is 2. The van der Waals surface area contributed by atoms with E-state index in [0.29, 0.717) is 17.4 Å². The van der Waals surface area contributed by atoms with Gasteiger partial charge in [-0.3, -0.25) is 4.79 Å². The first-order valence-electron chi connectivity index (χ1n) is 8.43. The van der Waals surface area contributed by atoms with Gasteiger partial charge in [0.05, 0.1) is 0 Å². The van der Waals surface area contributed by atoms with Gasteiger partial charge in [0, 0.05) is 35.8 Å². The molecule has 4 rings (SSSR count). The molecule has 0 atom stereocenters. The van der Waals surface area contributed by atoms with Crippen molar-refractivity contribution in [2.45, 2.75) is 32.6 Å². The highest BCUT2D eigenvalue weighted by Gasteiger charge is 2.28. The summed E-state index contributed by atoms with van der Waals surface area (Å²) < 4.78 is 5.02. The zero-order valence-corrected chi connectivity index (χ0v) is 14.0. The number of H-pyrrole nitrogens is 1. The normalized spacial score (nSPS) is 16.0. The van der Waals surface area contributed by atoms with Crippen molar-refractivity contribution in [3.8, 4) is 0 Å². The molecule has 124 valence electrons. The van der Waals surface area contributed by atoms with Crippen LogP contribution in [0, 0.1) is 13.8 Å². The van der Waals surface area contributed by atoms with Crippen molar-refractivity contribution in [2.75, 3.05) is 13.1 Å². The van der Waals surface area contributed by atoms with Gasteiger partial charge in [0.25, 0.3) is 5.91 Å². The summed E-state index contributed by atoms with van der Waals surface area (Å²) >= 11 is 0. The Balaban J connectivity index is 1.51. The second kappa shape index (κ2) is 5.82. The van der Waals surface area contributed by atoms with Crippen LogP contribution in [0.5, 0.6) is 0 Å². The van der Waals surface area contributed by atoms with Crippen molar-refractivity contribution in [3.63, 3.8) is 0 Å². The molecule has 3 aromatic rings. The maximum absolute atomic E-state index is 12.5. The first-order chi connectivity index (χ1) is 11.6. The Hall–Kier alpha value is -2.56. The molecule has 24 heavy (non-hydrogen) atoms. The fourth-order valence-corrected chi connectivity index (χ4v) is 3.82. The summed E-state index contributed by atoms with van der Waals surface area (Å²) in [5.74, 6) is 1.13. The number of hydrogen-bond acceptors (Lipinski definition) is 3. The molecule has 3 heterocycles. The summed E-state index contributed by atoms with van der Waals surface area (Å²) in [6.07, 6.45) is 1.95. The van der Waals surface area contributed by atoms with E-state index in [9.17, 15) is 4.79 Å². The summed E-state index contributed by atoms with van der Waals surface area (Å²) in [5, 5.41) is 5.16. The third-order valence-corrected chi connectivity index (χ3v) is 4.98. The van der Waals surface area contributed by atoms with Gasteiger partial charge in [-0.05, 0) is 44.2 Å². The second-order valence-corrected chi connectivity index (χ2v) is 6.60. The minimum absolute atomic E-state index is 0.0269. The number of amides is 1. The van der Waals surface area contributed by atoms with Crippen molar-refractivity contribution in [1.29, 1.82) is 0 Å². The van der Waals surface area contributed by atoms with E-state index in [-0.39, 0.29) is 5.91 Å². The van der Waals surface area contributed by atoms with E-state index in [4.69, 9.17) is 4.52 Å². The van der Waals surface area contributed by atoms with E-state index < -0.39 is 0 Å². The van der Waals surface area contributed by atoms with E-state index in [0.717, 1.165) is 25.9 Å². The molecule has 1 N–H and O–H groups in total. The van der Waals surface area contributed by atoms with Gasteiger partial charge in [-0.1, -0.05) is 23.4 Å². The quantitative estimate of drug-likeness (QED) is 0.780. The first kappa shape index (κ1) is 15.0. The second-order valence-electron chi connectivity index (χ2n) is 6.60. The first-order valence-corrected chi connectivity index (χ1v) is 8.43. The van der Waals surface area contributed by atoms with Gasteiger partial charge in [-0.25, -0.2) is 0 Å². The Morgan fingerprint density at radius 3 is 2.71 bits per heavy atom. The van der Waals surface area contributed by atoms with Crippen LogP contribution < -0.4 is 0 Å². The van der Waals surface area contributed by atoms with Crippen LogP contribution >= 0.6 is 0 Å². The van der Waals surface area contributed by atoms with Gasteiger partial charge < -0.3 is 14.4 Å². The summed E-state index contributed by atoms with van der Waals surface area (Å²) in [4.78, 5) is 17.9. The lowest BCUT2D eigenvalue weighted by atomic mass is 9.87. The Bertz CT molecular complexity index is 885. The largest absolute Gasteiger partial charge is 0.361 e. The fourth-order valence-electron chi connectivity index (χ4n) is 3.82. The van der Waals surface area contributed by atoms with Crippen LogP contribution in [0.25, 0.3) is 10.9 Å². The van der Waals surface area contributed by atoms with Crippen LogP contribution in [-0.2, 0) is 0 Å². The molecule has 1 aromatic carbocycles. The van der Waals surface area contributed by atoms with Crippen molar-refractivity contribution >= 4 is 16.8 Å². The van der Waals surface area contributed by atoms with E-state index in [1.165, 1.54) is 22.2 Å². The predicted octanol–water partition coefficient (Wildman–Crippen LogP) is 3.79. The molecule has 1 aliphatic heterocycles. The van der Waals surface area contributed by atoms with Gasteiger partial charge in [0.2, 0.25) is 0 Å². The highest BCUT2D eigenvalue weighted by atomic mass is 16.5. The number of benzene rings is 1. The molecule has 0 aliphatic carbocycles. The molecule has 5 nitrogen and oxygen atoms in total. The topological polar surface area (TPSA) is 62.1 Å². The predicted molar refractivity (Wildman–Crippen MR) is 92.2 cm³/mol. The summed E-state index contributed by atoms with van der Waals surface area (Å²) in [6.45, 7) is 5.46. The van der Waals surface area contributed by atoms with Crippen molar-refractivity contribution < 1.29 is 9.32 Å². The number of aromatic amines is 1. The third kappa shape index (κ3) is 2.50. The number of piperidine rings is 1. The number of nitrogens with one attached hydrogen (secondary N) is 1. The van der Waals surface area contributed by atoms with Crippen LogP contribution in [0.1, 0.15) is 46.3 Å². The zero-order valence-electron chi connectivity index (χ0n) is 14.0. The molecule has 0 unspecified atom stereocenters. The average Bonchev–Trinajstić information content (AvgIpc) is 3.17. The third-order valence-electron chi connectivity index (χ3n) is 4.98. The number of nitrogens with zero attached hydrogens (tertiary/aromatic N) is 2. The highest BCUT2D eigenvalue weighted by Crippen LogP contribution is 2.35. The van der Waals surface area contributed by atoms with Crippen molar-refractivity contribution in [2.24, 2.45) is 0 Å². The van der Waals surface area contributed by atoms with Gasteiger partial charge in [-0.2, -0.15) is 0 Å². The Morgan fingerprint density at radius 1 is 1.25 bits per heavy atom. The van der Waals surface area contributed by atoms with Crippen LogP contribution in [0.4, 0.5) is 0 Å². The summed E-state index contributed by atoms with van der Waals surface area (Å²) in [5.41, 5.74) is 4.26. The number of para-hydroxylation sites is 1. The van der Waals surface area contributed by atoms with Crippen LogP contribution in [0.3, 0.4) is 0 Å². The molecule has 1 aliphatic rings. The SMILES string of the molecule is Cc1cc(C(=O)N2CCC(c3c(C)[nH]c4ccccc34)CC2)no1. The van der Waals surface area contributed by atoms with Gasteiger partial charge in [0.1, 0.15) is 5.76 Å². The molecule has 1 amide bonds. The molecule has 0 bridgehead atoms. The molecule has 0 radical (unpaired) electrons. The van der Waals surface area contributed by atoms with Crippen molar-refractivity contribution in [3.05, 3.63) is 53.0 Å². The summed E-state index contributed by atoms with van der Waals surface area (Å²) in [6, 6.07) is 10.2. The number of hydrogen-bond donors (Lipinski definition) is 1. The monoisotopic (exact) mass is 323 g/mol. The molecule has 1 saturated heterocycles. The maximum atomic E-state index is 12.5. The molecular formula is C19H21N3O2. The highest BCUT2D eigenvalue weighted by molar-refractivity contribution is 5.92. The van der Waals surface area contributed by atoms with Crippen molar-refractivity contribution in [1.82, 2.24) is 15.0 Å². The maximum Gasteiger partial charge on any atom is 0.276 e. The number of aryl methyl sites for hydroxylation is 2. The lowest BCUT2D eigenvalue weighted by Gasteiger charge is -2.31. The summed E-state index contributed by atoms with van der Waals surface area (Å²) in [7, 11) is 0. The van der Waals surface area contributed by atoms with Crippen LogP contribution in [0.15, 0.2) is 34.9 Å². The van der Waals surface area contributed by atoms with E-state index >= 15 is 0 Å². The molecule has 5 heteroatoms. The van der Waals surface area contributed by atoms with E-state index in [2.05, 4.69) is 41.3 Å². The Morgan fingerprint density at radius 2 is 2.00 bits per heavy atom. The lowest BCUT2D eigenvalue weighted by molar-refractivity contribution is 0.0702. The van der Waals surface area contributed by atoms with Gasteiger partial charge in [-0.15, -0.1) is 0 Å². The molecule has 0 spiro atoms. The Labute approximate surface area is 140 Å². The lowest BCUT2D eigenvalue weighted by Crippen LogP contribution is -2.38. The zero-order chi connectivity index (χ0) is 16.7. The van der Waals surface area contributed by atoms with E-state index in [1.807, 2.05) is 4.90 Å². The van der Waals surface area contributed by atoms with E-state index in [1.54, 1.807) is 13.0 Å². The molecular weight excluding hydrogens is 302 g/mol. The van der Waals surface area contributed by atoms with Crippen LogP contribution in [0.2, 0.25) is 0 Å². The standard InChI is InChI=1S/C19H21N3O2/c1-12-11-17(21-24-12)19(23)22-9-7-14(8-10-22)18-13(2)20-16-6-4-3-5-15(16)18/h3-6,11,14,20H,7-10H2,1-2H3. The number of aromatic nitrogens is 2. The minimum Gasteiger partial charge on any atom is -0.361 e. The molecule has 1 fully saturated rings. The van der Waals surface area contributed by atoms with Gasteiger partial charge >= 0.3 is 0 Å². The average molecular weight is 323 g/mol. The Kier molecular flexibility index (Phi) is 3.63. The number of likely N-dealkylation sites (tertiary alicyclic amines) is 1.